The SMILES string of the molecule is CCOc1ccc(N)nc1. The minimum atomic E-state index is 0.517. The summed E-state index contributed by atoms with van der Waals surface area (Å²) in [6.45, 7) is 2.59. The van der Waals surface area contributed by atoms with E-state index in [0.717, 1.165) is 5.75 Å². The third-order valence-corrected chi connectivity index (χ3v) is 1.07. The van der Waals surface area contributed by atoms with Crippen LogP contribution >= 0.6 is 0 Å². The summed E-state index contributed by atoms with van der Waals surface area (Å²) in [6.07, 6.45) is 1.61. The first-order valence-corrected chi connectivity index (χ1v) is 3.17. The van der Waals surface area contributed by atoms with E-state index < -0.39 is 0 Å². The van der Waals surface area contributed by atoms with E-state index in [-0.39, 0.29) is 0 Å². The average Bonchev–Trinajstić information content (AvgIpc) is 1.95. The number of ether oxygens (including phenoxy) is 1. The van der Waals surface area contributed by atoms with Gasteiger partial charge in [0.05, 0.1) is 12.8 Å². The van der Waals surface area contributed by atoms with Crippen molar-refractivity contribution >= 4 is 5.82 Å². The molecule has 0 aliphatic rings. The van der Waals surface area contributed by atoms with Gasteiger partial charge in [0.25, 0.3) is 0 Å². The second-order valence-electron chi connectivity index (χ2n) is 1.85. The van der Waals surface area contributed by atoms with Crippen molar-refractivity contribution in [1.29, 1.82) is 0 Å². The van der Waals surface area contributed by atoms with E-state index in [0.29, 0.717) is 12.4 Å². The van der Waals surface area contributed by atoms with Crippen molar-refractivity contribution in [2.24, 2.45) is 0 Å². The highest BCUT2D eigenvalue weighted by molar-refractivity contribution is 5.31. The molecule has 0 aliphatic carbocycles. The third-order valence-electron chi connectivity index (χ3n) is 1.07. The number of anilines is 1. The first-order chi connectivity index (χ1) is 4.83. The smallest absolute Gasteiger partial charge is 0.137 e. The number of rotatable bonds is 2. The minimum Gasteiger partial charge on any atom is -0.492 e. The summed E-state index contributed by atoms with van der Waals surface area (Å²) in [4.78, 5) is 3.85. The van der Waals surface area contributed by atoms with Gasteiger partial charge in [0.1, 0.15) is 11.6 Å². The Morgan fingerprint density at radius 1 is 1.60 bits per heavy atom. The fourth-order valence-corrected chi connectivity index (χ4v) is 0.644. The van der Waals surface area contributed by atoms with Gasteiger partial charge < -0.3 is 10.5 Å². The molecular weight excluding hydrogens is 128 g/mol. The number of nitrogen functional groups attached to an aromatic ring is 1. The summed E-state index contributed by atoms with van der Waals surface area (Å²) in [5, 5.41) is 0. The number of pyridine rings is 1. The maximum Gasteiger partial charge on any atom is 0.137 e. The summed E-state index contributed by atoms with van der Waals surface area (Å²) in [5.41, 5.74) is 5.36. The zero-order chi connectivity index (χ0) is 7.40. The molecule has 10 heavy (non-hydrogen) atoms. The zero-order valence-electron chi connectivity index (χ0n) is 5.87. The first-order valence-electron chi connectivity index (χ1n) is 3.17. The van der Waals surface area contributed by atoms with Crippen molar-refractivity contribution in [3.63, 3.8) is 0 Å². The Balaban J connectivity index is 2.69. The fraction of sp³-hybridized carbons (Fsp3) is 0.286. The minimum absolute atomic E-state index is 0.517. The van der Waals surface area contributed by atoms with Crippen molar-refractivity contribution in [2.75, 3.05) is 12.3 Å². The van der Waals surface area contributed by atoms with Crippen LogP contribution in [0.3, 0.4) is 0 Å². The third kappa shape index (κ3) is 1.62. The molecule has 0 amide bonds. The average molecular weight is 138 g/mol. The lowest BCUT2D eigenvalue weighted by atomic mass is 10.4. The Bertz CT molecular complexity index is 195. The molecule has 0 bridgehead atoms. The summed E-state index contributed by atoms with van der Waals surface area (Å²) in [6, 6.07) is 3.51. The van der Waals surface area contributed by atoms with Gasteiger partial charge in [-0.25, -0.2) is 4.98 Å². The van der Waals surface area contributed by atoms with Crippen LogP contribution in [0.15, 0.2) is 18.3 Å². The van der Waals surface area contributed by atoms with E-state index in [2.05, 4.69) is 4.98 Å². The molecule has 1 aromatic heterocycles. The lowest BCUT2D eigenvalue weighted by molar-refractivity contribution is 0.339. The standard InChI is InChI=1S/C7H10N2O/c1-2-10-6-3-4-7(8)9-5-6/h3-5H,2H2,1H3,(H2,8,9). The maximum absolute atomic E-state index is 5.36. The second kappa shape index (κ2) is 3.06. The van der Waals surface area contributed by atoms with Crippen molar-refractivity contribution in [3.05, 3.63) is 18.3 Å². The van der Waals surface area contributed by atoms with Crippen LogP contribution in [0, 0.1) is 0 Å². The number of hydrogen-bond acceptors (Lipinski definition) is 3. The van der Waals surface area contributed by atoms with Gasteiger partial charge in [0.15, 0.2) is 0 Å². The molecule has 0 atom stereocenters. The molecule has 0 saturated carbocycles. The molecule has 0 fully saturated rings. The number of hydrogen-bond donors (Lipinski definition) is 1. The quantitative estimate of drug-likeness (QED) is 0.664. The Labute approximate surface area is 59.8 Å². The van der Waals surface area contributed by atoms with E-state index in [1.807, 2.05) is 6.92 Å². The maximum atomic E-state index is 5.36. The highest BCUT2D eigenvalue weighted by Gasteiger charge is 1.89. The van der Waals surface area contributed by atoms with Gasteiger partial charge in [0, 0.05) is 0 Å². The van der Waals surface area contributed by atoms with Crippen molar-refractivity contribution in [2.45, 2.75) is 6.92 Å². The monoisotopic (exact) mass is 138 g/mol. The largest absolute Gasteiger partial charge is 0.492 e. The van der Waals surface area contributed by atoms with Crippen LogP contribution in [0.5, 0.6) is 5.75 Å². The van der Waals surface area contributed by atoms with E-state index >= 15 is 0 Å². The summed E-state index contributed by atoms with van der Waals surface area (Å²) >= 11 is 0. The van der Waals surface area contributed by atoms with Gasteiger partial charge in [-0.15, -0.1) is 0 Å². The molecule has 0 aliphatic heterocycles. The topological polar surface area (TPSA) is 48.1 Å². The Morgan fingerprint density at radius 2 is 2.40 bits per heavy atom. The highest BCUT2D eigenvalue weighted by atomic mass is 16.5. The lowest BCUT2D eigenvalue weighted by Crippen LogP contribution is -1.93. The van der Waals surface area contributed by atoms with Crippen LogP contribution in [0.1, 0.15) is 6.92 Å². The molecule has 0 unspecified atom stereocenters. The van der Waals surface area contributed by atoms with Gasteiger partial charge in [-0.1, -0.05) is 0 Å². The summed E-state index contributed by atoms with van der Waals surface area (Å²) in [7, 11) is 0. The first kappa shape index (κ1) is 6.86. The van der Waals surface area contributed by atoms with E-state index in [4.69, 9.17) is 10.5 Å². The number of aromatic nitrogens is 1. The molecule has 54 valence electrons. The summed E-state index contributed by atoms with van der Waals surface area (Å²) in [5.74, 6) is 1.28. The Morgan fingerprint density at radius 3 is 2.90 bits per heavy atom. The molecule has 1 heterocycles. The van der Waals surface area contributed by atoms with Crippen LogP contribution < -0.4 is 10.5 Å². The van der Waals surface area contributed by atoms with Gasteiger partial charge >= 0.3 is 0 Å². The molecule has 0 spiro atoms. The molecule has 0 aromatic carbocycles. The molecule has 1 aromatic rings. The van der Waals surface area contributed by atoms with Gasteiger partial charge in [-0.2, -0.15) is 0 Å². The predicted octanol–water partition coefficient (Wildman–Crippen LogP) is 1.06. The van der Waals surface area contributed by atoms with Crippen LogP contribution in [0.4, 0.5) is 5.82 Å². The Kier molecular flexibility index (Phi) is 2.10. The molecule has 3 nitrogen and oxygen atoms in total. The van der Waals surface area contributed by atoms with Crippen molar-refractivity contribution in [3.8, 4) is 5.75 Å². The van der Waals surface area contributed by atoms with Crippen LogP contribution in [-0.4, -0.2) is 11.6 Å². The summed E-state index contributed by atoms with van der Waals surface area (Å²) < 4.78 is 5.14. The zero-order valence-corrected chi connectivity index (χ0v) is 5.87. The fourth-order valence-electron chi connectivity index (χ4n) is 0.644. The number of nitrogens with zero attached hydrogens (tertiary/aromatic N) is 1. The van der Waals surface area contributed by atoms with Crippen LogP contribution in [-0.2, 0) is 0 Å². The molecule has 2 N–H and O–H groups in total. The van der Waals surface area contributed by atoms with Gasteiger partial charge in [-0.05, 0) is 19.1 Å². The van der Waals surface area contributed by atoms with Crippen LogP contribution in [0.2, 0.25) is 0 Å². The Hall–Kier alpha value is -1.25. The highest BCUT2D eigenvalue weighted by Crippen LogP contribution is 2.08. The van der Waals surface area contributed by atoms with E-state index in [1.54, 1.807) is 18.3 Å². The predicted molar refractivity (Wildman–Crippen MR) is 39.8 cm³/mol. The van der Waals surface area contributed by atoms with Crippen LogP contribution in [0.25, 0.3) is 0 Å². The molecule has 1 rings (SSSR count). The van der Waals surface area contributed by atoms with Gasteiger partial charge in [-0.3, -0.25) is 0 Å². The molecule has 3 heteroatoms. The molecular formula is C7H10N2O. The second-order valence-corrected chi connectivity index (χ2v) is 1.85. The normalized spacial score (nSPS) is 9.30. The lowest BCUT2D eigenvalue weighted by Gasteiger charge is -2.00. The van der Waals surface area contributed by atoms with Gasteiger partial charge in [0.2, 0.25) is 0 Å². The van der Waals surface area contributed by atoms with Crippen molar-refractivity contribution in [1.82, 2.24) is 4.98 Å². The number of nitrogens with two attached hydrogens (primary N) is 1. The van der Waals surface area contributed by atoms with E-state index in [1.165, 1.54) is 0 Å². The van der Waals surface area contributed by atoms with Crippen molar-refractivity contribution < 1.29 is 4.74 Å². The molecule has 0 radical (unpaired) electrons. The van der Waals surface area contributed by atoms with E-state index in [9.17, 15) is 0 Å². The molecule has 0 saturated heterocycles.